The summed E-state index contributed by atoms with van der Waals surface area (Å²) in [4.78, 5) is 19.4. The number of fused-ring (bicyclic) bond motifs is 1. The molecule has 0 saturated heterocycles. The summed E-state index contributed by atoms with van der Waals surface area (Å²) in [6.07, 6.45) is 1.61. The van der Waals surface area contributed by atoms with Crippen molar-refractivity contribution in [1.29, 1.82) is 0 Å². The Hall–Kier alpha value is -0.810. The second kappa shape index (κ2) is 2.91. The minimum Gasteiger partial charge on any atom is -0.309 e. The second-order valence-corrected chi connectivity index (χ2v) is 3.54. The molecule has 1 aromatic heterocycles. The number of carbonyl (C=O) groups excluding carboxylic acids is 1. The van der Waals surface area contributed by atoms with Crippen molar-refractivity contribution < 1.29 is 4.79 Å². The van der Waals surface area contributed by atoms with Crippen molar-refractivity contribution in [2.24, 2.45) is 0 Å². The zero-order valence-corrected chi connectivity index (χ0v) is 7.45. The van der Waals surface area contributed by atoms with Gasteiger partial charge in [-0.1, -0.05) is 0 Å². The fourth-order valence-corrected chi connectivity index (χ4v) is 1.71. The van der Waals surface area contributed by atoms with Crippen molar-refractivity contribution in [1.82, 2.24) is 9.97 Å². The smallest absolute Gasteiger partial charge is 0.235 e. The van der Waals surface area contributed by atoms with Gasteiger partial charge < -0.3 is 5.32 Å². The molecule has 0 bridgehead atoms. The molecule has 4 nitrogen and oxygen atoms in total. The van der Waals surface area contributed by atoms with E-state index in [9.17, 15) is 4.79 Å². The van der Waals surface area contributed by atoms with E-state index in [1.54, 1.807) is 6.20 Å². The average molecular weight is 202 g/mol. The van der Waals surface area contributed by atoms with Crippen molar-refractivity contribution in [3.63, 3.8) is 0 Å². The number of anilines is 1. The molecule has 1 amide bonds. The third-order valence-electron chi connectivity index (χ3n) is 1.34. The van der Waals surface area contributed by atoms with E-state index in [1.807, 2.05) is 0 Å². The first-order chi connectivity index (χ1) is 5.75. The van der Waals surface area contributed by atoms with Gasteiger partial charge in [0, 0.05) is 6.20 Å². The Morgan fingerprint density at radius 2 is 2.50 bits per heavy atom. The molecule has 0 saturated carbocycles. The average Bonchev–Trinajstić information content (AvgIpc) is 2.03. The fraction of sp³-hybridized carbons (Fsp3) is 0.167. The second-order valence-electron chi connectivity index (χ2n) is 2.19. The molecule has 0 spiro atoms. The van der Waals surface area contributed by atoms with Crippen LogP contribution >= 0.6 is 23.4 Å². The highest BCUT2D eigenvalue weighted by atomic mass is 35.5. The minimum atomic E-state index is -0.0535. The van der Waals surface area contributed by atoms with E-state index in [0.717, 1.165) is 4.90 Å². The van der Waals surface area contributed by atoms with E-state index in [4.69, 9.17) is 11.6 Å². The first kappa shape index (κ1) is 7.82. The Kier molecular flexibility index (Phi) is 1.90. The lowest BCUT2D eigenvalue weighted by Gasteiger charge is -2.13. The number of rotatable bonds is 0. The van der Waals surface area contributed by atoms with Crippen molar-refractivity contribution in [3.05, 3.63) is 11.5 Å². The largest absolute Gasteiger partial charge is 0.309 e. The van der Waals surface area contributed by atoms with E-state index in [2.05, 4.69) is 15.3 Å². The maximum Gasteiger partial charge on any atom is 0.235 e. The third-order valence-corrected chi connectivity index (χ3v) is 2.54. The Morgan fingerprint density at radius 3 is 3.33 bits per heavy atom. The molecule has 1 aromatic rings. The Morgan fingerprint density at radius 1 is 1.67 bits per heavy atom. The van der Waals surface area contributed by atoms with E-state index >= 15 is 0 Å². The van der Waals surface area contributed by atoms with Gasteiger partial charge in [-0.2, -0.15) is 4.98 Å². The van der Waals surface area contributed by atoms with Gasteiger partial charge in [0.2, 0.25) is 11.2 Å². The highest BCUT2D eigenvalue weighted by Gasteiger charge is 2.16. The number of nitrogens with one attached hydrogen (secondary N) is 1. The molecule has 0 radical (unpaired) electrons. The highest BCUT2D eigenvalue weighted by molar-refractivity contribution is 8.00. The van der Waals surface area contributed by atoms with Gasteiger partial charge in [-0.3, -0.25) is 4.79 Å². The van der Waals surface area contributed by atoms with E-state index < -0.39 is 0 Å². The van der Waals surface area contributed by atoms with Crippen molar-refractivity contribution in [3.8, 4) is 0 Å². The normalized spacial score (nSPS) is 15.2. The quantitative estimate of drug-likeness (QED) is 0.641. The van der Waals surface area contributed by atoms with Crippen LogP contribution in [0, 0.1) is 0 Å². The summed E-state index contributed by atoms with van der Waals surface area (Å²) in [6, 6.07) is 0. The van der Waals surface area contributed by atoms with Crippen molar-refractivity contribution in [2.75, 3.05) is 11.1 Å². The van der Waals surface area contributed by atoms with E-state index in [1.165, 1.54) is 11.8 Å². The van der Waals surface area contributed by atoms with Crippen LogP contribution in [0.2, 0.25) is 5.28 Å². The van der Waals surface area contributed by atoms with Crippen molar-refractivity contribution in [2.45, 2.75) is 4.90 Å². The molecule has 62 valence electrons. The molecule has 2 rings (SSSR count). The van der Waals surface area contributed by atoms with Crippen LogP contribution in [0.5, 0.6) is 0 Å². The van der Waals surface area contributed by atoms with Gasteiger partial charge in [0.15, 0.2) is 5.82 Å². The molecule has 1 N–H and O–H groups in total. The van der Waals surface area contributed by atoms with Crippen LogP contribution in [-0.2, 0) is 4.79 Å². The molecule has 1 aliphatic heterocycles. The van der Waals surface area contributed by atoms with E-state index in [-0.39, 0.29) is 11.2 Å². The van der Waals surface area contributed by atoms with Gasteiger partial charge in [0.25, 0.3) is 0 Å². The summed E-state index contributed by atoms with van der Waals surface area (Å²) in [5.41, 5.74) is 0. The third kappa shape index (κ3) is 1.37. The van der Waals surface area contributed by atoms with Gasteiger partial charge >= 0.3 is 0 Å². The van der Waals surface area contributed by atoms with Crippen LogP contribution in [-0.4, -0.2) is 21.6 Å². The lowest BCUT2D eigenvalue weighted by molar-refractivity contribution is -0.113. The molecular formula is C6H4ClN3OS. The lowest BCUT2D eigenvalue weighted by Crippen LogP contribution is -2.19. The van der Waals surface area contributed by atoms with Crippen LogP contribution < -0.4 is 5.32 Å². The van der Waals surface area contributed by atoms with Gasteiger partial charge in [0.05, 0.1) is 10.6 Å². The minimum absolute atomic E-state index is 0.0535. The first-order valence-electron chi connectivity index (χ1n) is 3.21. The van der Waals surface area contributed by atoms with Crippen LogP contribution in [0.1, 0.15) is 0 Å². The number of hydrogen-bond acceptors (Lipinski definition) is 4. The molecule has 1 aliphatic rings. The van der Waals surface area contributed by atoms with Gasteiger partial charge in [-0.05, 0) is 11.6 Å². The monoisotopic (exact) mass is 201 g/mol. The summed E-state index contributed by atoms with van der Waals surface area (Å²) in [5, 5.41) is 2.75. The van der Waals surface area contributed by atoms with Crippen LogP contribution in [0.3, 0.4) is 0 Å². The van der Waals surface area contributed by atoms with Crippen molar-refractivity contribution >= 4 is 35.1 Å². The predicted molar refractivity (Wildman–Crippen MR) is 46.4 cm³/mol. The van der Waals surface area contributed by atoms with E-state index in [0.29, 0.717) is 11.6 Å². The Balaban J connectivity index is 2.44. The van der Waals surface area contributed by atoms with Gasteiger partial charge in [-0.25, -0.2) is 4.98 Å². The summed E-state index contributed by atoms with van der Waals surface area (Å²) in [6.45, 7) is 0. The lowest BCUT2D eigenvalue weighted by atomic mass is 10.5. The molecule has 12 heavy (non-hydrogen) atoms. The first-order valence-corrected chi connectivity index (χ1v) is 4.57. The van der Waals surface area contributed by atoms with Crippen LogP contribution in [0.15, 0.2) is 11.1 Å². The fourth-order valence-electron chi connectivity index (χ4n) is 0.856. The van der Waals surface area contributed by atoms with Gasteiger partial charge in [-0.15, -0.1) is 11.8 Å². The molecule has 0 fully saturated rings. The number of nitrogens with zero attached hydrogens (tertiary/aromatic N) is 2. The molecular weight excluding hydrogens is 198 g/mol. The maximum atomic E-state index is 10.9. The number of thioether (sulfide) groups is 1. The molecule has 0 aliphatic carbocycles. The molecule has 2 heterocycles. The zero-order chi connectivity index (χ0) is 8.55. The molecule has 0 unspecified atom stereocenters. The topological polar surface area (TPSA) is 54.9 Å². The number of hydrogen-bond donors (Lipinski definition) is 1. The number of halogens is 1. The Labute approximate surface area is 77.7 Å². The molecule has 0 atom stereocenters. The maximum absolute atomic E-state index is 10.9. The zero-order valence-electron chi connectivity index (χ0n) is 5.87. The summed E-state index contributed by atoms with van der Waals surface area (Å²) in [7, 11) is 0. The number of carbonyl (C=O) groups is 1. The molecule has 6 heteroatoms. The Bertz CT molecular complexity index is 344. The number of amides is 1. The van der Waals surface area contributed by atoms with Crippen LogP contribution in [0.25, 0.3) is 0 Å². The molecule has 0 aromatic carbocycles. The SMILES string of the molecule is O=C1CSc2cnc(Cl)nc2N1. The summed E-state index contributed by atoms with van der Waals surface area (Å²) < 4.78 is 0. The van der Waals surface area contributed by atoms with Crippen LogP contribution in [0.4, 0.5) is 5.82 Å². The number of aromatic nitrogens is 2. The predicted octanol–water partition coefficient (Wildman–Crippen LogP) is 1.17. The highest BCUT2D eigenvalue weighted by Crippen LogP contribution is 2.29. The van der Waals surface area contributed by atoms with Gasteiger partial charge in [0.1, 0.15) is 0 Å². The summed E-state index contributed by atoms with van der Waals surface area (Å²) >= 11 is 6.95. The standard InChI is InChI=1S/C6H4ClN3OS/c7-6-8-1-3-5(10-6)9-4(11)2-12-3/h1H,2H2,(H,8,9,10,11). The summed E-state index contributed by atoms with van der Waals surface area (Å²) in [5.74, 6) is 0.872.